The lowest BCUT2D eigenvalue weighted by Crippen LogP contribution is -2.46. The molecule has 0 aliphatic heterocycles. The molecule has 1 aromatic heterocycles. The summed E-state index contributed by atoms with van der Waals surface area (Å²) in [4.78, 5) is 24.1. The zero-order valence-corrected chi connectivity index (χ0v) is 18.1. The monoisotopic (exact) mass is 447 g/mol. The van der Waals surface area contributed by atoms with Crippen LogP contribution < -0.4 is 5.32 Å². The van der Waals surface area contributed by atoms with E-state index >= 15 is 0 Å². The summed E-state index contributed by atoms with van der Waals surface area (Å²) < 4.78 is 6.94. The fourth-order valence-corrected chi connectivity index (χ4v) is 4.28. The van der Waals surface area contributed by atoms with Crippen LogP contribution in [0.2, 0.25) is 5.02 Å². The molecule has 158 valence electrons. The largest absolute Gasteiger partial charge is 0.455 e. The highest BCUT2D eigenvalue weighted by Gasteiger charge is 2.35. The lowest BCUT2D eigenvalue weighted by Gasteiger charge is -2.21. The molecule has 30 heavy (non-hydrogen) atoms. The fourth-order valence-electron chi connectivity index (χ4n) is 3.35. The molecule has 1 heterocycles. The van der Waals surface area contributed by atoms with E-state index in [1.165, 1.54) is 11.8 Å². The van der Waals surface area contributed by atoms with Crippen molar-refractivity contribution in [1.29, 1.82) is 5.26 Å². The predicted molar refractivity (Wildman–Crippen MR) is 113 cm³/mol. The number of amides is 1. The van der Waals surface area contributed by atoms with E-state index in [2.05, 4.69) is 21.6 Å². The van der Waals surface area contributed by atoms with Crippen molar-refractivity contribution in [2.75, 3.05) is 12.4 Å². The number of aromatic nitrogens is 3. The Morgan fingerprint density at radius 1 is 1.30 bits per heavy atom. The molecule has 3 rings (SSSR count). The second-order valence-corrected chi connectivity index (χ2v) is 8.33. The summed E-state index contributed by atoms with van der Waals surface area (Å²) in [5.41, 5.74) is 0.0478. The van der Waals surface area contributed by atoms with Crippen LogP contribution in [0.1, 0.15) is 32.6 Å². The zero-order valence-electron chi connectivity index (χ0n) is 16.6. The Kier molecular flexibility index (Phi) is 7.34. The van der Waals surface area contributed by atoms with Crippen LogP contribution in [0.3, 0.4) is 0 Å². The molecule has 1 amide bonds. The summed E-state index contributed by atoms with van der Waals surface area (Å²) in [6.45, 7) is 2.18. The smallest absolute Gasteiger partial charge is 0.316 e. The maximum atomic E-state index is 12.1. The van der Waals surface area contributed by atoms with E-state index in [0.29, 0.717) is 35.4 Å². The van der Waals surface area contributed by atoms with Crippen LogP contribution in [0.4, 0.5) is 0 Å². The van der Waals surface area contributed by atoms with Crippen LogP contribution in [0, 0.1) is 11.3 Å². The Labute approximate surface area is 183 Å². The van der Waals surface area contributed by atoms with Gasteiger partial charge in [0.15, 0.2) is 17.6 Å². The molecule has 1 fully saturated rings. The van der Waals surface area contributed by atoms with Crippen LogP contribution in [0.5, 0.6) is 0 Å². The molecule has 0 radical (unpaired) electrons. The van der Waals surface area contributed by atoms with Gasteiger partial charge in [0, 0.05) is 17.1 Å². The fraction of sp³-hybridized carbons (Fsp3) is 0.450. The zero-order chi connectivity index (χ0) is 21.6. The lowest BCUT2D eigenvalue weighted by atomic mass is 10.00. The minimum atomic E-state index is -0.826. The van der Waals surface area contributed by atoms with Crippen molar-refractivity contribution in [2.24, 2.45) is 0 Å². The molecule has 2 aromatic rings. The molecule has 1 N–H and O–H groups in total. The van der Waals surface area contributed by atoms with E-state index in [1.54, 1.807) is 12.1 Å². The molecule has 1 aliphatic carbocycles. The summed E-state index contributed by atoms with van der Waals surface area (Å²) >= 11 is 7.13. The molecule has 8 nitrogen and oxygen atoms in total. The maximum absolute atomic E-state index is 12.1. The number of esters is 1. The van der Waals surface area contributed by atoms with E-state index in [1.807, 2.05) is 23.6 Å². The second-order valence-electron chi connectivity index (χ2n) is 6.96. The Balaban J connectivity index is 1.52. The summed E-state index contributed by atoms with van der Waals surface area (Å²) in [6.07, 6.45) is 3.06. The summed E-state index contributed by atoms with van der Waals surface area (Å²) in [7, 11) is 0. The van der Waals surface area contributed by atoms with Gasteiger partial charge in [0.25, 0.3) is 5.91 Å². The van der Waals surface area contributed by atoms with Gasteiger partial charge in [-0.25, -0.2) is 0 Å². The number of carbonyl (C=O) groups is 2. The maximum Gasteiger partial charge on any atom is 0.316 e. The number of thioether (sulfide) groups is 1. The van der Waals surface area contributed by atoms with Gasteiger partial charge in [-0.05, 0) is 56.9 Å². The average molecular weight is 448 g/mol. The molecule has 0 unspecified atom stereocenters. The first-order valence-corrected chi connectivity index (χ1v) is 11.0. The van der Waals surface area contributed by atoms with Crippen LogP contribution in [-0.2, 0) is 20.9 Å². The van der Waals surface area contributed by atoms with E-state index in [0.717, 1.165) is 18.4 Å². The van der Waals surface area contributed by atoms with E-state index in [-0.39, 0.29) is 5.75 Å². The standard InChI is InChI=1S/C20H22ClN5O3S/c1-2-26-18(14-5-7-15(21)8-6-14)24-25-19(26)30-12-17(28)29-11-16(27)23-20(13-22)9-3-4-10-20/h5-8H,2-4,9-12H2,1H3,(H,23,27). The third-order valence-corrected chi connectivity index (χ3v) is 6.06. The molecule has 0 bridgehead atoms. The molecule has 1 aromatic carbocycles. The van der Waals surface area contributed by atoms with Gasteiger partial charge in [0.2, 0.25) is 0 Å². The Bertz CT molecular complexity index is 948. The number of hydrogen-bond donors (Lipinski definition) is 1. The first-order chi connectivity index (χ1) is 14.5. The normalized spacial score (nSPS) is 14.8. The van der Waals surface area contributed by atoms with E-state index in [9.17, 15) is 14.9 Å². The molecule has 1 saturated carbocycles. The van der Waals surface area contributed by atoms with Crippen LogP contribution in [0.15, 0.2) is 29.4 Å². The Morgan fingerprint density at radius 2 is 2.00 bits per heavy atom. The number of rotatable bonds is 8. The molecule has 0 atom stereocenters. The molecule has 10 heteroatoms. The Morgan fingerprint density at radius 3 is 2.63 bits per heavy atom. The van der Waals surface area contributed by atoms with Gasteiger partial charge in [-0.15, -0.1) is 10.2 Å². The minimum absolute atomic E-state index is 0.00454. The number of hydrogen-bond acceptors (Lipinski definition) is 7. The Hall–Kier alpha value is -2.57. The number of nitriles is 1. The van der Waals surface area contributed by atoms with Gasteiger partial charge in [-0.1, -0.05) is 23.4 Å². The number of carbonyl (C=O) groups excluding carboxylic acids is 2. The highest BCUT2D eigenvalue weighted by Crippen LogP contribution is 2.29. The number of benzene rings is 1. The van der Waals surface area contributed by atoms with Crippen molar-refractivity contribution < 1.29 is 14.3 Å². The van der Waals surface area contributed by atoms with Gasteiger partial charge in [-0.3, -0.25) is 9.59 Å². The van der Waals surface area contributed by atoms with Gasteiger partial charge in [0.05, 0.1) is 11.8 Å². The lowest BCUT2D eigenvalue weighted by molar-refractivity contribution is -0.146. The SMILES string of the molecule is CCn1c(SCC(=O)OCC(=O)NC2(C#N)CCCC2)nnc1-c1ccc(Cl)cc1. The van der Waals surface area contributed by atoms with Crippen molar-refractivity contribution in [1.82, 2.24) is 20.1 Å². The average Bonchev–Trinajstić information content (AvgIpc) is 3.38. The summed E-state index contributed by atoms with van der Waals surface area (Å²) in [5.74, 6) is -0.317. The van der Waals surface area contributed by atoms with Crippen LogP contribution in [0.25, 0.3) is 11.4 Å². The molecule has 0 spiro atoms. The molecular weight excluding hydrogens is 426 g/mol. The highest BCUT2D eigenvalue weighted by atomic mass is 35.5. The minimum Gasteiger partial charge on any atom is -0.455 e. The quantitative estimate of drug-likeness (QED) is 0.488. The third-order valence-electron chi connectivity index (χ3n) is 4.87. The van der Waals surface area contributed by atoms with Gasteiger partial charge in [0.1, 0.15) is 5.54 Å². The van der Waals surface area contributed by atoms with Gasteiger partial charge in [-0.2, -0.15) is 5.26 Å². The summed E-state index contributed by atoms with van der Waals surface area (Å²) in [6, 6.07) is 9.45. The summed E-state index contributed by atoms with van der Waals surface area (Å²) in [5, 5.41) is 21.6. The first kappa shape index (κ1) is 22.1. The molecule has 0 saturated heterocycles. The first-order valence-electron chi connectivity index (χ1n) is 9.66. The van der Waals surface area contributed by atoms with Crippen molar-refractivity contribution in [3.63, 3.8) is 0 Å². The highest BCUT2D eigenvalue weighted by molar-refractivity contribution is 7.99. The number of halogens is 1. The van der Waals surface area contributed by atoms with Crippen molar-refractivity contribution >= 4 is 35.2 Å². The van der Waals surface area contributed by atoms with E-state index < -0.39 is 24.0 Å². The van der Waals surface area contributed by atoms with Crippen molar-refractivity contribution in [3.8, 4) is 17.5 Å². The second kappa shape index (κ2) is 9.96. The van der Waals surface area contributed by atoms with E-state index in [4.69, 9.17) is 16.3 Å². The van der Waals surface area contributed by atoms with Crippen molar-refractivity contribution in [2.45, 2.75) is 49.8 Å². The van der Waals surface area contributed by atoms with Crippen molar-refractivity contribution in [3.05, 3.63) is 29.3 Å². The van der Waals surface area contributed by atoms with Crippen LogP contribution in [-0.4, -0.2) is 44.5 Å². The van der Waals surface area contributed by atoms with Gasteiger partial charge >= 0.3 is 5.97 Å². The topological polar surface area (TPSA) is 110 Å². The number of nitrogens with one attached hydrogen (secondary N) is 1. The number of ether oxygens (including phenoxy) is 1. The predicted octanol–water partition coefficient (Wildman–Crippen LogP) is 3.21. The molecule has 1 aliphatic rings. The van der Waals surface area contributed by atoms with Gasteiger partial charge < -0.3 is 14.6 Å². The third kappa shape index (κ3) is 5.32. The number of nitrogens with zero attached hydrogens (tertiary/aromatic N) is 4. The van der Waals surface area contributed by atoms with Crippen LogP contribution >= 0.6 is 23.4 Å². The molecular formula is C20H22ClN5O3S.